The van der Waals surface area contributed by atoms with Crippen LogP contribution >= 0.6 is 0 Å². The molecule has 0 heterocycles. The summed E-state index contributed by atoms with van der Waals surface area (Å²) in [7, 11) is 0. The Kier molecular flexibility index (Phi) is 4.26. The van der Waals surface area contributed by atoms with Gasteiger partial charge < -0.3 is 10.4 Å². The molecule has 21 heavy (non-hydrogen) atoms. The third-order valence-corrected chi connectivity index (χ3v) is 4.28. The zero-order valence-corrected chi connectivity index (χ0v) is 12.5. The number of rotatable bonds is 6. The number of nitrogens with one attached hydrogen (secondary N) is 1. The number of hydrogen-bond donors (Lipinski definition) is 2. The minimum absolute atomic E-state index is 0.335. The topological polar surface area (TPSA) is 32.3 Å². The number of benzene rings is 2. The van der Waals surface area contributed by atoms with Crippen LogP contribution in [0.3, 0.4) is 0 Å². The number of hydrogen-bond acceptors (Lipinski definition) is 2. The van der Waals surface area contributed by atoms with Crippen LogP contribution in [0, 0.1) is 6.92 Å². The van der Waals surface area contributed by atoms with Crippen molar-refractivity contribution in [3.05, 3.63) is 65.2 Å². The Balaban J connectivity index is 1.77. The summed E-state index contributed by atoms with van der Waals surface area (Å²) in [6.45, 7) is 3.21. The molecule has 2 N–H and O–H groups in total. The first-order chi connectivity index (χ1) is 10.2. The Morgan fingerprint density at radius 3 is 2.48 bits per heavy atom. The molecule has 1 saturated carbocycles. The lowest BCUT2D eigenvalue weighted by atomic mass is 9.89. The van der Waals surface area contributed by atoms with E-state index in [1.165, 1.54) is 29.5 Å². The van der Waals surface area contributed by atoms with Gasteiger partial charge in [0.05, 0.1) is 0 Å². The summed E-state index contributed by atoms with van der Waals surface area (Å²) in [6, 6.07) is 17.0. The second kappa shape index (κ2) is 6.31. The molecule has 2 aromatic rings. The van der Waals surface area contributed by atoms with E-state index in [4.69, 9.17) is 0 Å². The Morgan fingerprint density at radius 1 is 1.10 bits per heavy atom. The number of aromatic hydroxyl groups is 1. The molecule has 1 fully saturated rings. The monoisotopic (exact) mass is 281 g/mol. The van der Waals surface area contributed by atoms with Crippen molar-refractivity contribution in [2.24, 2.45) is 0 Å². The Labute approximate surface area is 126 Å². The van der Waals surface area contributed by atoms with E-state index >= 15 is 0 Å². The number of phenolic OH excluding ortho intramolecular Hbond substituents is 1. The predicted octanol–water partition coefficient (Wildman–Crippen LogP) is 3.78. The zero-order chi connectivity index (χ0) is 14.7. The normalized spacial score (nSPS) is 15.9. The largest absolute Gasteiger partial charge is 0.508 e. The molecule has 3 rings (SSSR count). The van der Waals surface area contributed by atoms with Crippen molar-refractivity contribution >= 4 is 0 Å². The maximum Gasteiger partial charge on any atom is 0.115 e. The molecule has 0 amide bonds. The van der Waals surface area contributed by atoms with Gasteiger partial charge >= 0.3 is 0 Å². The van der Waals surface area contributed by atoms with Gasteiger partial charge in [-0.15, -0.1) is 0 Å². The first-order valence-corrected chi connectivity index (χ1v) is 7.79. The summed E-state index contributed by atoms with van der Waals surface area (Å²) >= 11 is 0. The number of phenols is 1. The second-order valence-corrected chi connectivity index (χ2v) is 6.11. The summed E-state index contributed by atoms with van der Waals surface area (Å²) < 4.78 is 0. The maximum absolute atomic E-state index is 9.42. The molecule has 2 nitrogen and oxygen atoms in total. The van der Waals surface area contributed by atoms with Crippen LogP contribution in [0.2, 0.25) is 0 Å². The van der Waals surface area contributed by atoms with E-state index in [2.05, 4.69) is 36.5 Å². The highest BCUT2D eigenvalue weighted by atomic mass is 16.3. The molecule has 1 aliphatic rings. The molecule has 0 aromatic heterocycles. The van der Waals surface area contributed by atoms with Gasteiger partial charge in [-0.25, -0.2) is 0 Å². The first-order valence-electron chi connectivity index (χ1n) is 7.79. The SMILES string of the molecule is Cc1ccccc1C(CNC1CC1)Cc1ccc(O)cc1. The highest BCUT2D eigenvalue weighted by Gasteiger charge is 2.23. The summed E-state index contributed by atoms with van der Waals surface area (Å²) in [5.41, 5.74) is 4.07. The molecule has 0 saturated heterocycles. The molecule has 0 aliphatic heterocycles. The Hall–Kier alpha value is -1.80. The fourth-order valence-corrected chi connectivity index (χ4v) is 2.85. The first kappa shape index (κ1) is 14.2. The molecule has 0 spiro atoms. The van der Waals surface area contributed by atoms with E-state index < -0.39 is 0 Å². The van der Waals surface area contributed by atoms with Crippen LogP contribution in [0.5, 0.6) is 5.75 Å². The molecule has 1 aliphatic carbocycles. The van der Waals surface area contributed by atoms with Crippen LogP contribution in [-0.4, -0.2) is 17.7 Å². The van der Waals surface area contributed by atoms with Crippen molar-refractivity contribution in [1.29, 1.82) is 0 Å². The molecule has 0 radical (unpaired) electrons. The van der Waals surface area contributed by atoms with Crippen LogP contribution in [0.1, 0.15) is 35.4 Å². The van der Waals surface area contributed by atoms with Gasteiger partial charge in [0.25, 0.3) is 0 Å². The van der Waals surface area contributed by atoms with E-state index in [0.717, 1.165) is 19.0 Å². The quantitative estimate of drug-likeness (QED) is 0.844. The van der Waals surface area contributed by atoms with Crippen molar-refractivity contribution in [3.63, 3.8) is 0 Å². The van der Waals surface area contributed by atoms with Gasteiger partial charge in [-0.1, -0.05) is 36.4 Å². The summed E-state index contributed by atoms with van der Waals surface area (Å²) in [5.74, 6) is 0.818. The van der Waals surface area contributed by atoms with Gasteiger partial charge in [-0.2, -0.15) is 0 Å². The highest BCUT2D eigenvalue weighted by molar-refractivity contribution is 5.33. The lowest BCUT2D eigenvalue weighted by Crippen LogP contribution is -2.25. The average Bonchev–Trinajstić information content (AvgIpc) is 3.30. The second-order valence-electron chi connectivity index (χ2n) is 6.11. The van der Waals surface area contributed by atoms with Gasteiger partial charge in [0.1, 0.15) is 5.75 Å². The third-order valence-electron chi connectivity index (χ3n) is 4.28. The fraction of sp³-hybridized carbons (Fsp3) is 0.368. The van der Waals surface area contributed by atoms with Crippen LogP contribution < -0.4 is 5.32 Å². The molecule has 0 bridgehead atoms. The Bertz CT molecular complexity index is 587. The molecule has 2 aromatic carbocycles. The molecular weight excluding hydrogens is 258 g/mol. The van der Waals surface area contributed by atoms with Crippen LogP contribution in [0.25, 0.3) is 0 Å². The lowest BCUT2D eigenvalue weighted by molar-refractivity contribution is 0.475. The van der Waals surface area contributed by atoms with E-state index in [1.807, 2.05) is 12.1 Å². The lowest BCUT2D eigenvalue weighted by Gasteiger charge is -2.20. The van der Waals surface area contributed by atoms with Crippen molar-refractivity contribution in [2.75, 3.05) is 6.54 Å². The predicted molar refractivity (Wildman–Crippen MR) is 86.8 cm³/mol. The molecule has 110 valence electrons. The van der Waals surface area contributed by atoms with E-state index in [9.17, 15) is 5.11 Å². The molecular formula is C19H23NO. The molecule has 2 heteroatoms. The summed E-state index contributed by atoms with van der Waals surface area (Å²) in [6.07, 6.45) is 3.64. The summed E-state index contributed by atoms with van der Waals surface area (Å²) in [5, 5.41) is 13.1. The fourth-order valence-electron chi connectivity index (χ4n) is 2.85. The third kappa shape index (κ3) is 3.85. The van der Waals surface area contributed by atoms with Crippen molar-refractivity contribution in [3.8, 4) is 5.75 Å². The van der Waals surface area contributed by atoms with Gasteiger partial charge in [-0.3, -0.25) is 0 Å². The average molecular weight is 281 g/mol. The smallest absolute Gasteiger partial charge is 0.115 e. The highest BCUT2D eigenvalue weighted by Crippen LogP contribution is 2.26. The minimum atomic E-state index is 0.335. The summed E-state index contributed by atoms with van der Waals surface area (Å²) in [4.78, 5) is 0. The van der Waals surface area contributed by atoms with Crippen LogP contribution in [0.4, 0.5) is 0 Å². The van der Waals surface area contributed by atoms with E-state index in [-0.39, 0.29) is 0 Å². The van der Waals surface area contributed by atoms with Crippen LogP contribution in [0.15, 0.2) is 48.5 Å². The molecule has 1 unspecified atom stereocenters. The standard InChI is InChI=1S/C19H23NO/c1-14-4-2-3-5-19(14)16(13-20-17-8-9-17)12-15-6-10-18(21)11-7-15/h2-7,10-11,16-17,20-21H,8-9,12-13H2,1H3. The maximum atomic E-state index is 9.42. The van der Waals surface area contributed by atoms with Gasteiger partial charge in [0, 0.05) is 18.5 Å². The zero-order valence-electron chi connectivity index (χ0n) is 12.5. The number of aryl methyl sites for hydroxylation is 1. The van der Waals surface area contributed by atoms with E-state index in [1.54, 1.807) is 12.1 Å². The molecule has 1 atom stereocenters. The van der Waals surface area contributed by atoms with Crippen molar-refractivity contribution in [1.82, 2.24) is 5.32 Å². The van der Waals surface area contributed by atoms with Gasteiger partial charge in [0.2, 0.25) is 0 Å². The van der Waals surface area contributed by atoms with E-state index in [0.29, 0.717) is 11.7 Å². The van der Waals surface area contributed by atoms with Gasteiger partial charge in [0.15, 0.2) is 0 Å². The Morgan fingerprint density at radius 2 is 1.81 bits per heavy atom. The van der Waals surface area contributed by atoms with Crippen LogP contribution in [-0.2, 0) is 6.42 Å². The van der Waals surface area contributed by atoms with Crippen molar-refractivity contribution in [2.45, 2.75) is 38.1 Å². The van der Waals surface area contributed by atoms with Crippen molar-refractivity contribution < 1.29 is 5.11 Å². The van der Waals surface area contributed by atoms with Gasteiger partial charge in [-0.05, 0) is 55.0 Å². The minimum Gasteiger partial charge on any atom is -0.508 e.